The molecule has 2 aromatic rings. The number of ether oxygens (including phenoxy) is 3. The van der Waals surface area contributed by atoms with Gasteiger partial charge in [-0.15, -0.1) is 0 Å². The average molecular weight is 341 g/mol. The summed E-state index contributed by atoms with van der Waals surface area (Å²) in [5.74, 6) is 2.04. The van der Waals surface area contributed by atoms with Crippen molar-refractivity contribution >= 4 is 12.0 Å². The maximum atomic E-state index is 12.0. The average Bonchev–Trinajstić information content (AvgIpc) is 2.65. The van der Waals surface area contributed by atoms with Crippen molar-refractivity contribution in [2.75, 3.05) is 20.8 Å². The van der Waals surface area contributed by atoms with Gasteiger partial charge < -0.3 is 19.5 Å². The lowest BCUT2D eigenvalue weighted by atomic mass is 10.2. The molecule has 0 aliphatic heterocycles. The van der Waals surface area contributed by atoms with Crippen molar-refractivity contribution in [1.29, 1.82) is 0 Å². The third kappa shape index (κ3) is 5.88. The number of hydrogen-bond donors (Lipinski definition) is 1. The number of hydrogen-bond acceptors (Lipinski definition) is 4. The van der Waals surface area contributed by atoms with Gasteiger partial charge in [0.15, 0.2) is 0 Å². The molecule has 0 fully saturated rings. The second kappa shape index (κ2) is 9.37. The molecule has 0 aliphatic carbocycles. The minimum atomic E-state index is -0.184. The van der Waals surface area contributed by atoms with E-state index in [0.717, 1.165) is 22.8 Å². The van der Waals surface area contributed by atoms with Gasteiger partial charge in [-0.3, -0.25) is 4.79 Å². The minimum absolute atomic E-state index is 0.128. The van der Waals surface area contributed by atoms with Crippen molar-refractivity contribution < 1.29 is 19.0 Å². The fraction of sp³-hybridized carbons (Fsp3) is 0.250. The van der Waals surface area contributed by atoms with Crippen LogP contribution in [-0.2, 0) is 4.79 Å². The molecule has 2 aromatic carbocycles. The van der Waals surface area contributed by atoms with Gasteiger partial charge in [-0.25, -0.2) is 0 Å². The molecule has 2 rings (SSSR count). The number of nitrogens with one attached hydrogen (secondary N) is 1. The lowest BCUT2D eigenvalue weighted by Gasteiger charge is -2.14. The molecule has 1 N–H and O–H groups in total. The molecule has 0 unspecified atom stereocenters. The van der Waals surface area contributed by atoms with E-state index in [1.54, 1.807) is 20.3 Å². The second-order valence-electron chi connectivity index (χ2n) is 5.47. The summed E-state index contributed by atoms with van der Waals surface area (Å²) in [5, 5.41) is 2.86. The van der Waals surface area contributed by atoms with Crippen LogP contribution in [0, 0.1) is 0 Å². The third-order valence-corrected chi connectivity index (χ3v) is 3.50. The molecule has 1 atom stereocenters. The Morgan fingerprint density at radius 1 is 1.04 bits per heavy atom. The Balaban J connectivity index is 1.82. The van der Waals surface area contributed by atoms with E-state index in [-0.39, 0.29) is 11.9 Å². The summed E-state index contributed by atoms with van der Waals surface area (Å²) >= 11 is 0. The van der Waals surface area contributed by atoms with Crippen molar-refractivity contribution in [3.8, 4) is 17.2 Å². The molecule has 5 heteroatoms. The van der Waals surface area contributed by atoms with Crippen molar-refractivity contribution in [3.63, 3.8) is 0 Å². The molecule has 25 heavy (non-hydrogen) atoms. The van der Waals surface area contributed by atoms with Crippen LogP contribution in [0.1, 0.15) is 12.5 Å². The van der Waals surface area contributed by atoms with Gasteiger partial charge in [0.2, 0.25) is 5.91 Å². The van der Waals surface area contributed by atoms with E-state index >= 15 is 0 Å². The Kier molecular flexibility index (Phi) is 6.89. The SMILES string of the molecule is COc1ccc(OC[C@H](C)NC(=O)/C=C/c2ccccc2OC)cc1. The molecule has 0 aromatic heterocycles. The summed E-state index contributed by atoms with van der Waals surface area (Å²) in [6, 6.07) is 14.7. The van der Waals surface area contributed by atoms with Gasteiger partial charge in [0, 0.05) is 11.6 Å². The number of benzene rings is 2. The molecular formula is C20H23NO4. The third-order valence-electron chi connectivity index (χ3n) is 3.50. The van der Waals surface area contributed by atoms with Crippen molar-refractivity contribution in [3.05, 3.63) is 60.2 Å². The number of methoxy groups -OCH3 is 2. The minimum Gasteiger partial charge on any atom is -0.497 e. The van der Waals surface area contributed by atoms with E-state index in [9.17, 15) is 4.79 Å². The number of carbonyl (C=O) groups excluding carboxylic acids is 1. The largest absolute Gasteiger partial charge is 0.497 e. The Bertz CT molecular complexity index is 710. The Morgan fingerprint density at radius 2 is 1.72 bits per heavy atom. The number of rotatable bonds is 8. The van der Waals surface area contributed by atoms with Crippen molar-refractivity contribution in [2.24, 2.45) is 0 Å². The molecule has 0 bridgehead atoms. The van der Waals surface area contributed by atoms with Gasteiger partial charge in [-0.05, 0) is 43.3 Å². The highest BCUT2D eigenvalue weighted by Gasteiger charge is 2.06. The summed E-state index contributed by atoms with van der Waals surface area (Å²) < 4.78 is 16.0. The molecule has 132 valence electrons. The molecule has 0 spiro atoms. The van der Waals surface area contributed by atoms with E-state index in [1.807, 2.05) is 55.5 Å². The summed E-state index contributed by atoms with van der Waals surface area (Å²) in [4.78, 5) is 12.0. The quantitative estimate of drug-likeness (QED) is 0.749. The van der Waals surface area contributed by atoms with Gasteiger partial charge in [-0.2, -0.15) is 0 Å². The lowest BCUT2D eigenvalue weighted by Crippen LogP contribution is -2.35. The molecule has 0 saturated heterocycles. The monoisotopic (exact) mass is 341 g/mol. The van der Waals surface area contributed by atoms with Gasteiger partial charge in [0.05, 0.1) is 20.3 Å². The molecular weight excluding hydrogens is 318 g/mol. The zero-order chi connectivity index (χ0) is 18.1. The first-order valence-corrected chi connectivity index (χ1v) is 8.01. The van der Waals surface area contributed by atoms with Gasteiger partial charge >= 0.3 is 0 Å². The smallest absolute Gasteiger partial charge is 0.244 e. The fourth-order valence-corrected chi connectivity index (χ4v) is 2.20. The number of amides is 1. The van der Waals surface area contributed by atoms with Gasteiger partial charge in [0.25, 0.3) is 0 Å². The van der Waals surface area contributed by atoms with Crippen LogP contribution in [0.25, 0.3) is 6.08 Å². The van der Waals surface area contributed by atoms with Gasteiger partial charge in [0.1, 0.15) is 23.9 Å². The summed E-state index contributed by atoms with van der Waals surface area (Å²) in [5.41, 5.74) is 0.849. The van der Waals surface area contributed by atoms with E-state index in [0.29, 0.717) is 6.61 Å². The topological polar surface area (TPSA) is 56.8 Å². The molecule has 1 amide bonds. The van der Waals surface area contributed by atoms with Crippen LogP contribution in [0.2, 0.25) is 0 Å². The fourth-order valence-electron chi connectivity index (χ4n) is 2.20. The summed E-state index contributed by atoms with van der Waals surface area (Å²) in [6.45, 7) is 2.26. The van der Waals surface area contributed by atoms with Crippen LogP contribution in [0.15, 0.2) is 54.6 Å². The van der Waals surface area contributed by atoms with E-state index < -0.39 is 0 Å². The van der Waals surface area contributed by atoms with E-state index in [2.05, 4.69) is 5.32 Å². The number of carbonyl (C=O) groups is 1. The first kappa shape index (κ1) is 18.4. The maximum absolute atomic E-state index is 12.0. The maximum Gasteiger partial charge on any atom is 0.244 e. The zero-order valence-electron chi connectivity index (χ0n) is 14.7. The standard InChI is InChI=1S/C20H23NO4/c1-15(14-25-18-11-9-17(23-2)10-12-18)21-20(22)13-8-16-6-4-5-7-19(16)24-3/h4-13,15H,14H2,1-3H3,(H,21,22)/b13-8+/t15-/m0/s1. The normalized spacial score (nSPS) is 11.8. The van der Waals surface area contributed by atoms with Gasteiger partial charge in [-0.1, -0.05) is 18.2 Å². The first-order valence-electron chi connectivity index (χ1n) is 8.01. The highest BCUT2D eigenvalue weighted by molar-refractivity contribution is 5.92. The first-order chi connectivity index (χ1) is 12.1. The Morgan fingerprint density at radius 3 is 2.40 bits per heavy atom. The van der Waals surface area contributed by atoms with Crippen LogP contribution in [0.4, 0.5) is 0 Å². The van der Waals surface area contributed by atoms with Crippen LogP contribution < -0.4 is 19.5 Å². The van der Waals surface area contributed by atoms with Crippen molar-refractivity contribution in [2.45, 2.75) is 13.0 Å². The lowest BCUT2D eigenvalue weighted by molar-refractivity contribution is -0.117. The molecule has 0 radical (unpaired) electrons. The van der Waals surface area contributed by atoms with Crippen LogP contribution in [0.5, 0.6) is 17.2 Å². The second-order valence-corrected chi connectivity index (χ2v) is 5.47. The van der Waals surface area contributed by atoms with E-state index in [1.165, 1.54) is 6.08 Å². The van der Waals surface area contributed by atoms with Crippen LogP contribution >= 0.6 is 0 Å². The molecule has 0 aliphatic rings. The Labute approximate surface area is 148 Å². The number of para-hydroxylation sites is 1. The van der Waals surface area contributed by atoms with Crippen LogP contribution in [0.3, 0.4) is 0 Å². The van der Waals surface area contributed by atoms with Crippen molar-refractivity contribution in [1.82, 2.24) is 5.32 Å². The van der Waals surface area contributed by atoms with Crippen LogP contribution in [-0.4, -0.2) is 32.8 Å². The summed E-state index contributed by atoms with van der Waals surface area (Å²) in [7, 11) is 3.22. The molecule has 5 nitrogen and oxygen atoms in total. The highest BCUT2D eigenvalue weighted by Crippen LogP contribution is 2.19. The predicted octanol–water partition coefficient (Wildman–Crippen LogP) is 3.30. The highest BCUT2D eigenvalue weighted by atomic mass is 16.5. The zero-order valence-corrected chi connectivity index (χ0v) is 14.7. The predicted molar refractivity (Wildman–Crippen MR) is 98.1 cm³/mol. The molecule has 0 heterocycles. The summed E-state index contributed by atoms with van der Waals surface area (Å²) in [6.07, 6.45) is 3.22. The Hall–Kier alpha value is -2.95. The van der Waals surface area contributed by atoms with E-state index in [4.69, 9.17) is 14.2 Å². The molecule has 0 saturated carbocycles.